The second-order valence-electron chi connectivity index (χ2n) is 6.77. The van der Waals surface area contributed by atoms with Crippen molar-refractivity contribution < 1.29 is 19.4 Å². The molecule has 3 atom stereocenters. The molecule has 7 heteroatoms. The van der Waals surface area contributed by atoms with Crippen LogP contribution in [-0.2, 0) is 9.53 Å². The Morgan fingerprint density at radius 3 is 2.50 bits per heavy atom. The minimum Gasteiger partial charge on any atom is -0.394 e. The van der Waals surface area contributed by atoms with Crippen LogP contribution < -0.4 is 16.0 Å². The van der Waals surface area contributed by atoms with E-state index >= 15 is 0 Å². The molecular weight excluding hydrogens is 310 g/mol. The molecule has 2 fully saturated rings. The molecule has 138 valence electrons. The SMILES string of the molecule is CCNC(=O)C[C@H]1CC[C@H](NC(=O)NC2CCCCC2)[C@H](CO)O1. The van der Waals surface area contributed by atoms with Gasteiger partial charge >= 0.3 is 6.03 Å². The van der Waals surface area contributed by atoms with Gasteiger partial charge in [0.15, 0.2) is 0 Å². The van der Waals surface area contributed by atoms with Crippen molar-refractivity contribution in [2.24, 2.45) is 0 Å². The van der Waals surface area contributed by atoms with E-state index in [1.165, 1.54) is 6.42 Å². The van der Waals surface area contributed by atoms with E-state index in [0.29, 0.717) is 25.8 Å². The van der Waals surface area contributed by atoms with Crippen LogP contribution in [0.2, 0.25) is 0 Å². The van der Waals surface area contributed by atoms with E-state index < -0.39 is 6.10 Å². The van der Waals surface area contributed by atoms with E-state index in [0.717, 1.165) is 25.7 Å². The molecule has 1 aliphatic carbocycles. The zero-order chi connectivity index (χ0) is 17.4. The zero-order valence-corrected chi connectivity index (χ0v) is 14.6. The Bertz CT molecular complexity index is 413. The quantitative estimate of drug-likeness (QED) is 0.580. The van der Waals surface area contributed by atoms with Gasteiger partial charge in [0.05, 0.1) is 25.2 Å². The van der Waals surface area contributed by atoms with Crippen LogP contribution in [0.15, 0.2) is 0 Å². The zero-order valence-electron chi connectivity index (χ0n) is 14.6. The monoisotopic (exact) mass is 341 g/mol. The third kappa shape index (κ3) is 5.94. The van der Waals surface area contributed by atoms with E-state index in [-0.39, 0.29) is 36.7 Å². The van der Waals surface area contributed by atoms with Gasteiger partial charge in [0.1, 0.15) is 6.10 Å². The predicted molar refractivity (Wildman–Crippen MR) is 90.6 cm³/mol. The Balaban J connectivity index is 1.76. The standard InChI is InChI=1S/C17H31N3O4/c1-2-18-16(22)10-13-8-9-14(15(11-21)24-13)20-17(23)19-12-6-4-3-5-7-12/h12-15,21H,2-11H2,1H3,(H,18,22)(H2,19,20,23)/t13-,14+,15+/m1/s1. The van der Waals surface area contributed by atoms with Gasteiger partial charge in [0.2, 0.25) is 5.91 Å². The Morgan fingerprint density at radius 1 is 1.08 bits per heavy atom. The lowest BCUT2D eigenvalue weighted by atomic mass is 9.95. The van der Waals surface area contributed by atoms with Gasteiger partial charge in [-0.15, -0.1) is 0 Å². The summed E-state index contributed by atoms with van der Waals surface area (Å²) < 4.78 is 5.80. The van der Waals surface area contributed by atoms with E-state index in [1.54, 1.807) is 0 Å². The molecule has 0 unspecified atom stereocenters. The second kappa shape index (κ2) is 9.84. The van der Waals surface area contributed by atoms with Gasteiger partial charge in [-0.25, -0.2) is 4.79 Å². The van der Waals surface area contributed by atoms with Crippen LogP contribution in [0.1, 0.15) is 58.3 Å². The summed E-state index contributed by atoms with van der Waals surface area (Å²) in [6, 6.07) is -0.151. The lowest BCUT2D eigenvalue weighted by Crippen LogP contribution is -2.55. The first kappa shape index (κ1) is 19.0. The van der Waals surface area contributed by atoms with Gasteiger partial charge in [-0.3, -0.25) is 4.79 Å². The largest absolute Gasteiger partial charge is 0.394 e. The molecule has 0 aromatic heterocycles. The smallest absolute Gasteiger partial charge is 0.315 e. The fourth-order valence-corrected chi connectivity index (χ4v) is 3.57. The van der Waals surface area contributed by atoms with E-state index in [9.17, 15) is 14.7 Å². The van der Waals surface area contributed by atoms with Crippen LogP contribution in [0.5, 0.6) is 0 Å². The molecule has 0 aromatic rings. The lowest BCUT2D eigenvalue weighted by molar-refractivity contribution is -0.130. The predicted octanol–water partition coefficient (Wildman–Crippen LogP) is 1.05. The van der Waals surface area contributed by atoms with Gasteiger partial charge in [-0.1, -0.05) is 19.3 Å². The van der Waals surface area contributed by atoms with Crippen molar-refractivity contribution in [2.75, 3.05) is 13.2 Å². The van der Waals surface area contributed by atoms with Gasteiger partial charge in [0.25, 0.3) is 0 Å². The second-order valence-corrected chi connectivity index (χ2v) is 6.77. The lowest BCUT2D eigenvalue weighted by Gasteiger charge is -2.36. The van der Waals surface area contributed by atoms with Gasteiger partial charge in [0, 0.05) is 12.6 Å². The van der Waals surface area contributed by atoms with Gasteiger partial charge < -0.3 is 25.8 Å². The summed E-state index contributed by atoms with van der Waals surface area (Å²) in [7, 11) is 0. The summed E-state index contributed by atoms with van der Waals surface area (Å²) in [5, 5.41) is 18.3. The van der Waals surface area contributed by atoms with E-state index in [2.05, 4.69) is 16.0 Å². The third-order valence-electron chi connectivity index (χ3n) is 4.84. The maximum Gasteiger partial charge on any atom is 0.315 e. The van der Waals surface area contributed by atoms with Crippen molar-refractivity contribution >= 4 is 11.9 Å². The van der Waals surface area contributed by atoms with Crippen molar-refractivity contribution in [1.82, 2.24) is 16.0 Å². The third-order valence-corrected chi connectivity index (χ3v) is 4.84. The molecule has 1 saturated carbocycles. The van der Waals surface area contributed by atoms with Crippen LogP contribution in [0.3, 0.4) is 0 Å². The molecule has 0 bridgehead atoms. The molecule has 0 spiro atoms. The number of rotatable bonds is 6. The number of carbonyl (C=O) groups excluding carboxylic acids is 2. The number of nitrogens with one attached hydrogen (secondary N) is 3. The van der Waals surface area contributed by atoms with Crippen molar-refractivity contribution in [3.05, 3.63) is 0 Å². The normalized spacial score (nSPS) is 28.2. The Morgan fingerprint density at radius 2 is 1.83 bits per heavy atom. The topological polar surface area (TPSA) is 99.7 Å². The molecule has 1 aliphatic heterocycles. The molecule has 2 rings (SSSR count). The van der Waals surface area contributed by atoms with E-state index in [1.807, 2.05) is 6.92 Å². The highest BCUT2D eigenvalue weighted by atomic mass is 16.5. The molecule has 7 nitrogen and oxygen atoms in total. The average molecular weight is 341 g/mol. The number of aliphatic hydroxyl groups excluding tert-OH is 1. The molecule has 3 amide bonds. The van der Waals surface area contributed by atoms with Crippen LogP contribution in [0, 0.1) is 0 Å². The van der Waals surface area contributed by atoms with Crippen molar-refractivity contribution in [1.29, 1.82) is 0 Å². The fourth-order valence-electron chi connectivity index (χ4n) is 3.57. The van der Waals surface area contributed by atoms with Crippen molar-refractivity contribution in [3.8, 4) is 0 Å². The number of amides is 3. The maximum atomic E-state index is 12.2. The first-order chi connectivity index (χ1) is 11.6. The summed E-state index contributed by atoms with van der Waals surface area (Å²) in [5.74, 6) is -0.0411. The van der Waals surface area contributed by atoms with Crippen molar-refractivity contribution in [2.45, 2.75) is 82.6 Å². The number of ether oxygens (including phenoxy) is 1. The molecule has 1 saturated heterocycles. The molecule has 0 radical (unpaired) electrons. The Hall–Kier alpha value is -1.34. The average Bonchev–Trinajstić information content (AvgIpc) is 2.57. The summed E-state index contributed by atoms with van der Waals surface area (Å²) in [6.07, 6.45) is 6.68. The van der Waals surface area contributed by atoms with Crippen LogP contribution in [-0.4, -0.2) is 54.5 Å². The first-order valence-electron chi connectivity index (χ1n) is 9.22. The van der Waals surface area contributed by atoms with Crippen LogP contribution in [0.25, 0.3) is 0 Å². The number of urea groups is 1. The highest BCUT2D eigenvalue weighted by molar-refractivity contribution is 5.76. The summed E-state index contributed by atoms with van der Waals surface area (Å²) in [5.41, 5.74) is 0. The molecule has 0 aromatic carbocycles. The van der Waals surface area contributed by atoms with Gasteiger partial charge in [-0.2, -0.15) is 0 Å². The first-order valence-corrected chi connectivity index (χ1v) is 9.22. The number of aliphatic hydroxyl groups is 1. The summed E-state index contributed by atoms with van der Waals surface area (Å²) >= 11 is 0. The van der Waals surface area contributed by atoms with E-state index in [4.69, 9.17) is 4.74 Å². The summed E-state index contributed by atoms with van der Waals surface area (Å²) in [4.78, 5) is 23.8. The number of hydrogen-bond acceptors (Lipinski definition) is 4. The highest BCUT2D eigenvalue weighted by Crippen LogP contribution is 2.22. The van der Waals surface area contributed by atoms with Crippen LogP contribution >= 0.6 is 0 Å². The molecule has 4 N–H and O–H groups in total. The minimum atomic E-state index is -0.463. The number of hydrogen-bond donors (Lipinski definition) is 4. The molecule has 2 aliphatic rings. The minimum absolute atomic E-state index is 0.0411. The fraction of sp³-hybridized carbons (Fsp3) is 0.882. The molecular formula is C17H31N3O4. The van der Waals surface area contributed by atoms with Crippen LogP contribution in [0.4, 0.5) is 4.79 Å². The number of carbonyl (C=O) groups is 2. The highest BCUT2D eigenvalue weighted by Gasteiger charge is 2.33. The summed E-state index contributed by atoms with van der Waals surface area (Å²) in [6.45, 7) is 2.31. The Labute approximate surface area is 143 Å². The van der Waals surface area contributed by atoms with Gasteiger partial charge in [-0.05, 0) is 32.6 Å². The molecule has 1 heterocycles. The maximum absolute atomic E-state index is 12.2. The van der Waals surface area contributed by atoms with Crippen molar-refractivity contribution in [3.63, 3.8) is 0 Å². The molecule has 24 heavy (non-hydrogen) atoms. The Kier molecular flexibility index (Phi) is 7.78.